The van der Waals surface area contributed by atoms with Crippen molar-refractivity contribution in [3.05, 3.63) is 35.4 Å². The van der Waals surface area contributed by atoms with Crippen LogP contribution >= 0.6 is 0 Å². The highest BCUT2D eigenvalue weighted by Gasteiger charge is 2.16. The van der Waals surface area contributed by atoms with E-state index in [4.69, 9.17) is 5.11 Å². The van der Waals surface area contributed by atoms with Gasteiger partial charge in [0.15, 0.2) is 0 Å². The minimum absolute atomic E-state index is 0.398. The molecule has 98 valence electrons. The van der Waals surface area contributed by atoms with Crippen LogP contribution in [-0.4, -0.2) is 35.1 Å². The van der Waals surface area contributed by atoms with Crippen LogP contribution in [0.3, 0.4) is 0 Å². The van der Waals surface area contributed by atoms with E-state index in [0.717, 1.165) is 11.1 Å². The molecule has 1 aromatic rings. The van der Waals surface area contributed by atoms with Gasteiger partial charge < -0.3 is 15.3 Å². The summed E-state index contributed by atoms with van der Waals surface area (Å²) in [5.41, 5.74) is 2.16. The Morgan fingerprint density at radius 2 is 1.89 bits per heavy atom. The zero-order valence-corrected chi connectivity index (χ0v) is 10.8. The summed E-state index contributed by atoms with van der Waals surface area (Å²) in [5.74, 6) is -1.05. The molecule has 1 aromatic carbocycles. The number of urea groups is 1. The van der Waals surface area contributed by atoms with Gasteiger partial charge in [-0.3, -0.25) is 4.79 Å². The molecule has 2 amide bonds. The number of nitrogens with zero attached hydrogens (tertiary/aromatic N) is 1. The van der Waals surface area contributed by atoms with Crippen LogP contribution in [0.15, 0.2) is 24.3 Å². The van der Waals surface area contributed by atoms with Gasteiger partial charge in [0.25, 0.3) is 0 Å². The number of hydrogen-bond donors (Lipinski definition) is 2. The summed E-state index contributed by atoms with van der Waals surface area (Å²) in [7, 11) is 1.63. The number of carboxylic acids is 1. The summed E-state index contributed by atoms with van der Waals surface area (Å²) in [6, 6.07) is 6.55. The lowest BCUT2D eigenvalue weighted by Crippen LogP contribution is -2.44. The Kier molecular flexibility index (Phi) is 4.71. The maximum Gasteiger partial charge on any atom is 0.325 e. The number of carbonyl (C=O) groups is 2. The van der Waals surface area contributed by atoms with Gasteiger partial charge in [-0.2, -0.15) is 0 Å². The molecule has 1 rings (SSSR count). The summed E-state index contributed by atoms with van der Waals surface area (Å²) < 4.78 is 0. The molecule has 0 saturated heterocycles. The van der Waals surface area contributed by atoms with Gasteiger partial charge in [0.05, 0.1) is 0 Å². The molecule has 0 fully saturated rings. The fourth-order valence-electron chi connectivity index (χ4n) is 1.40. The first-order valence-corrected chi connectivity index (χ1v) is 5.70. The normalized spacial score (nSPS) is 11.7. The number of carbonyl (C=O) groups excluding carboxylic acids is 1. The van der Waals surface area contributed by atoms with Crippen LogP contribution in [0, 0.1) is 6.92 Å². The zero-order valence-electron chi connectivity index (χ0n) is 10.8. The Morgan fingerprint density at radius 3 is 2.39 bits per heavy atom. The summed E-state index contributed by atoms with van der Waals surface area (Å²) in [4.78, 5) is 23.7. The Balaban J connectivity index is 2.54. The molecule has 0 saturated carbocycles. The van der Waals surface area contributed by atoms with E-state index < -0.39 is 18.0 Å². The highest BCUT2D eigenvalue weighted by atomic mass is 16.4. The van der Waals surface area contributed by atoms with Crippen molar-refractivity contribution < 1.29 is 14.7 Å². The van der Waals surface area contributed by atoms with Gasteiger partial charge in [-0.05, 0) is 19.4 Å². The van der Waals surface area contributed by atoms with Crippen molar-refractivity contribution in [2.75, 3.05) is 7.05 Å². The fourth-order valence-corrected chi connectivity index (χ4v) is 1.40. The van der Waals surface area contributed by atoms with E-state index in [1.807, 2.05) is 31.2 Å². The van der Waals surface area contributed by atoms with Gasteiger partial charge in [0, 0.05) is 13.6 Å². The Hall–Kier alpha value is -2.04. The predicted octanol–water partition coefficient (Wildman–Crippen LogP) is 1.61. The van der Waals surface area contributed by atoms with Crippen LogP contribution in [0.4, 0.5) is 4.79 Å². The third-order valence-electron chi connectivity index (χ3n) is 2.60. The number of nitrogens with one attached hydrogen (secondary N) is 1. The first kappa shape index (κ1) is 14.0. The number of aryl methyl sites for hydroxylation is 1. The van der Waals surface area contributed by atoms with E-state index in [0.29, 0.717) is 6.54 Å². The summed E-state index contributed by atoms with van der Waals surface area (Å²) >= 11 is 0. The second-order valence-corrected chi connectivity index (χ2v) is 4.35. The van der Waals surface area contributed by atoms with Crippen LogP contribution in [0.25, 0.3) is 0 Å². The van der Waals surface area contributed by atoms with Gasteiger partial charge >= 0.3 is 12.0 Å². The summed E-state index contributed by atoms with van der Waals surface area (Å²) in [5, 5.41) is 11.1. The second kappa shape index (κ2) is 6.05. The van der Waals surface area contributed by atoms with Gasteiger partial charge in [-0.15, -0.1) is 0 Å². The van der Waals surface area contributed by atoms with Crippen molar-refractivity contribution in [2.24, 2.45) is 0 Å². The van der Waals surface area contributed by atoms with E-state index >= 15 is 0 Å². The van der Waals surface area contributed by atoms with E-state index in [9.17, 15) is 9.59 Å². The molecule has 0 heterocycles. The van der Waals surface area contributed by atoms with Crippen molar-refractivity contribution in [1.82, 2.24) is 10.2 Å². The number of hydrogen-bond acceptors (Lipinski definition) is 2. The smallest absolute Gasteiger partial charge is 0.325 e. The molecule has 0 aliphatic heterocycles. The third kappa shape index (κ3) is 4.08. The van der Waals surface area contributed by atoms with E-state index in [2.05, 4.69) is 5.32 Å². The SMILES string of the molecule is Cc1ccc(CN(C)C(=O)N[C@@H](C)C(=O)O)cc1. The average Bonchev–Trinajstić information content (AvgIpc) is 2.31. The molecule has 0 radical (unpaired) electrons. The molecule has 0 aliphatic rings. The monoisotopic (exact) mass is 250 g/mol. The van der Waals surface area contributed by atoms with Crippen molar-refractivity contribution >= 4 is 12.0 Å². The molecule has 0 aliphatic carbocycles. The van der Waals surface area contributed by atoms with Gasteiger partial charge in [0.1, 0.15) is 6.04 Å². The molecule has 5 nitrogen and oxygen atoms in total. The molecular weight excluding hydrogens is 232 g/mol. The predicted molar refractivity (Wildman–Crippen MR) is 68.3 cm³/mol. The van der Waals surface area contributed by atoms with Crippen LogP contribution < -0.4 is 5.32 Å². The lowest BCUT2D eigenvalue weighted by Gasteiger charge is -2.19. The van der Waals surface area contributed by atoms with Crippen molar-refractivity contribution in [3.63, 3.8) is 0 Å². The standard InChI is InChI=1S/C13H18N2O3/c1-9-4-6-11(7-5-9)8-15(3)13(18)14-10(2)12(16)17/h4-7,10H,8H2,1-3H3,(H,14,18)(H,16,17)/t10-/m0/s1. The molecule has 0 bridgehead atoms. The number of benzene rings is 1. The molecule has 0 unspecified atom stereocenters. The first-order valence-electron chi connectivity index (χ1n) is 5.70. The molecule has 0 spiro atoms. The third-order valence-corrected chi connectivity index (χ3v) is 2.60. The quantitative estimate of drug-likeness (QED) is 0.853. The topological polar surface area (TPSA) is 69.6 Å². The number of carboxylic acid groups (broad SMARTS) is 1. The highest BCUT2D eigenvalue weighted by molar-refractivity contribution is 5.82. The molecule has 1 atom stereocenters. The average molecular weight is 250 g/mol. The van der Waals surface area contributed by atoms with Gasteiger partial charge in [-0.25, -0.2) is 4.79 Å². The number of rotatable bonds is 4. The highest BCUT2D eigenvalue weighted by Crippen LogP contribution is 2.06. The van der Waals surface area contributed by atoms with E-state index in [1.54, 1.807) is 7.05 Å². The number of amides is 2. The minimum atomic E-state index is -1.05. The van der Waals surface area contributed by atoms with E-state index in [1.165, 1.54) is 11.8 Å². The molecule has 0 aromatic heterocycles. The maximum atomic E-state index is 11.7. The van der Waals surface area contributed by atoms with Crippen molar-refractivity contribution in [3.8, 4) is 0 Å². The second-order valence-electron chi connectivity index (χ2n) is 4.35. The molecule has 5 heteroatoms. The first-order chi connectivity index (χ1) is 8.40. The molecule has 2 N–H and O–H groups in total. The van der Waals surface area contributed by atoms with Crippen LogP contribution in [0.5, 0.6) is 0 Å². The van der Waals surface area contributed by atoms with Gasteiger partial charge in [0.2, 0.25) is 0 Å². The Morgan fingerprint density at radius 1 is 1.33 bits per heavy atom. The van der Waals surface area contributed by atoms with Crippen molar-refractivity contribution in [2.45, 2.75) is 26.4 Å². The zero-order chi connectivity index (χ0) is 13.7. The lowest BCUT2D eigenvalue weighted by molar-refractivity contribution is -0.138. The number of aliphatic carboxylic acids is 1. The minimum Gasteiger partial charge on any atom is -0.480 e. The summed E-state index contributed by atoms with van der Waals surface area (Å²) in [6.45, 7) is 3.87. The lowest BCUT2D eigenvalue weighted by atomic mass is 10.1. The van der Waals surface area contributed by atoms with Crippen molar-refractivity contribution in [1.29, 1.82) is 0 Å². The summed E-state index contributed by atoms with van der Waals surface area (Å²) in [6.07, 6.45) is 0. The van der Waals surface area contributed by atoms with E-state index in [-0.39, 0.29) is 0 Å². The van der Waals surface area contributed by atoms with Crippen LogP contribution in [0.1, 0.15) is 18.1 Å². The van der Waals surface area contributed by atoms with Crippen LogP contribution in [0.2, 0.25) is 0 Å². The molecular formula is C13H18N2O3. The van der Waals surface area contributed by atoms with Crippen LogP contribution in [-0.2, 0) is 11.3 Å². The Labute approximate surface area is 106 Å². The largest absolute Gasteiger partial charge is 0.480 e. The fraction of sp³-hybridized carbons (Fsp3) is 0.385. The Bertz CT molecular complexity index is 428. The maximum absolute atomic E-state index is 11.7. The van der Waals surface area contributed by atoms with Gasteiger partial charge in [-0.1, -0.05) is 29.8 Å². The molecule has 18 heavy (non-hydrogen) atoms.